The summed E-state index contributed by atoms with van der Waals surface area (Å²) in [6.07, 6.45) is -2.60. The number of ether oxygens (including phenoxy) is 8. The Balaban J connectivity index is 1.89. The van der Waals surface area contributed by atoms with Gasteiger partial charge in [0.25, 0.3) is 0 Å². The number of carbonyl (C=O) groups excluding carboxylic acids is 4. The number of hydrazine groups is 1. The Morgan fingerprint density at radius 3 is 2.52 bits per heavy atom. The molecule has 0 bridgehead atoms. The third-order valence-electron chi connectivity index (χ3n) is 10.7. The Morgan fingerprint density at radius 1 is 1.14 bits per heavy atom. The fraction of sp³-hybridized carbons (Fsp3) is 0.727. The summed E-state index contributed by atoms with van der Waals surface area (Å²) in [5, 5.41) is 28.9. The van der Waals surface area contributed by atoms with Crippen LogP contribution >= 0.6 is 21.6 Å². The second kappa shape index (κ2) is 29.0. The minimum atomic E-state index is -1.75. The van der Waals surface area contributed by atoms with Crippen LogP contribution in [0.15, 0.2) is 35.1 Å². The highest BCUT2D eigenvalue weighted by molar-refractivity contribution is 8.77. The van der Waals surface area contributed by atoms with Crippen molar-refractivity contribution in [2.45, 2.75) is 127 Å². The zero-order valence-electron chi connectivity index (χ0n) is 39.5. The highest BCUT2D eigenvalue weighted by Crippen LogP contribution is 2.42. The van der Waals surface area contributed by atoms with Crippen LogP contribution in [0.1, 0.15) is 67.2 Å². The smallest absolute Gasteiger partial charge is 0.411 e. The Kier molecular flexibility index (Phi) is 25.2. The second-order valence-electron chi connectivity index (χ2n) is 16.6. The lowest BCUT2D eigenvalue weighted by Crippen LogP contribution is -2.57. The van der Waals surface area contributed by atoms with Crippen molar-refractivity contribution in [2.24, 2.45) is 11.6 Å². The van der Waals surface area contributed by atoms with Crippen molar-refractivity contribution < 1.29 is 67.3 Å². The maximum atomic E-state index is 13.8. The topological polar surface area (TPSA) is 274 Å². The van der Waals surface area contributed by atoms with Crippen molar-refractivity contribution in [3.8, 4) is 11.8 Å². The minimum absolute atomic E-state index is 0.0569. The van der Waals surface area contributed by atoms with E-state index in [1.807, 2.05) is 25.7 Å². The van der Waals surface area contributed by atoms with Gasteiger partial charge in [0, 0.05) is 62.0 Å². The molecule has 3 aliphatic rings. The molecule has 0 radical (unpaired) electrons. The van der Waals surface area contributed by atoms with E-state index in [0.29, 0.717) is 46.1 Å². The Hall–Kier alpha value is -3.12. The molecule has 20 nitrogen and oxygen atoms in total. The molecule has 2 fully saturated rings. The van der Waals surface area contributed by atoms with Gasteiger partial charge in [0.2, 0.25) is 11.8 Å². The summed E-state index contributed by atoms with van der Waals surface area (Å²) in [5.74, 6) is 10.4. The zero-order chi connectivity index (χ0) is 48.9. The van der Waals surface area contributed by atoms with E-state index in [2.05, 4.69) is 27.9 Å². The normalized spacial score (nSPS) is 27.1. The first kappa shape index (κ1) is 57.2. The van der Waals surface area contributed by atoms with E-state index in [0.717, 1.165) is 7.11 Å². The number of aliphatic hydroxyl groups is 2. The number of Topliss-reactive ketones (excluding diaryl/α,β-unsaturated/α-hetero) is 1. The van der Waals surface area contributed by atoms with Gasteiger partial charge in [0.1, 0.15) is 12.2 Å². The number of carbonyl (C=O) groups is 4. The monoisotopic (exact) mass is 972 g/mol. The van der Waals surface area contributed by atoms with Crippen molar-refractivity contribution in [3.05, 3.63) is 35.1 Å². The molecule has 9 atom stereocenters. The number of nitrogens with two attached hydrogens (primary N) is 2. The van der Waals surface area contributed by atoms with Crippen LogP contribution in [0.3, 0.4) is 0 Å². The number of amides is 3. The minimum Gasteiger partial charge on any atom is -0.453 e. The number of nitrogens with zero attached hydrogens (tertiary/aromatic N) is 1. The second-order valence-corrected chi connectivity index (χ2v) is 19.6. The van der Waals surface area contributed by atoms with Crippen LogP contribution in [-0.4, -0.2) is 177 Å². The van der Waals surface area contributed by atoms with E-state index >= 15 is 0 Å². The van der Waals surface area contributed by atoms with Crippen molar-refractivity contribution in [1.82, 2.24) is 21.0 Å². The third kappa shape index (κ3) is 18.4. The van der Waals surface area contributed by atoms with E-state index in [4.69, 9.17) is 49.5 Å². The summed E-state index contributed by atoms with van der Waals surface area (Å²) >= 11 is 0. The molecule has 0 spiro atoms. The van der Waals surface area contributed by atoms with Gasteiger partial charge in [-0.05, 0) is 52.8 Å². The Labute approximate surface area is 396 Å². The number of likely N-dealkylation sites (N-methyl/N-ethyl adjacent to an activating group) is 1. The molecule has 0 aromatic carbocycles. The molecule has 66 heavy (non-hydrogen) atoms. The maximum absolute atomic E-state index is 13.8. The molecule has 1 aliphatic carbocycles. The predicted octanol–water partition coefficient (Wildman–Crippen LogP) is 1.19. The fourth-order valence-electron chi connectivity index (χ4n) is 7.50. The van der Waals surface area contributed by atoms with E-state index in [1.165, 1.54) is 28.5 Å². The predicted molar refractivity (Wildman–Crippen MR) is 249 cm³/mol. The molecule has 3 amide bonds. The van der Waals surface area contributed by atoms with Crippen molar-refractivity contribution in [3.63, 3.8) is 0 Å². The number of alkyl carbamates (subject to hydrolysis) is 1. The number of allylic oxidation sites excluding steroid dienone is 3. The largest absolute Gasteiger partial charge is 0.453 e. The molecule has 2 heterocycles. The third-order valence-corrected chi connectivity index (χ3v) is 13.8. The molecule has 0 aromatic heterocycles. The van der Waals surface area contributed by atoms with Gasteiger partial charge in [-0.25, -0.2) is 10.6 Å². The maximum Gasteiger partial charge on any atom is 0.411 e. The molecule has 3 rings (SSSR count). The van der Waals surface area contributed by atoms with E-state index in [-0.39, 0.29) is 79.3 Å². The lowest BCUT2D eigenvalue weighted by Gasteiger charge is -2.44. The van der Waals surface area contributed by atoms with Gasteiger partial charge in [-0.1, -0.05) is 52.5 Å². The molecule has 2 aliphatic heterocycles. The van der Waals surface area contributed by atoms with E-state index in [1.54, 1.807) is 39.2 Å². The van der Waals surface area contributed by atoms with Crippen LogP contribution in [0, 0.1) is 11.8 Å². The molecular weight excluding hydrogens is 901 g/mol. The van der Waals surface area contributed by atoms with Gasteiger partial charge >= 0.3 is 6.09 Å². The summed E-state index contributed by atoms with van der Waals surface area (Å²) < 4.78 is 46.8. The molecular formula is C44H72N6O14S2. The first-order chi connectivity index (χ1) is 31.4. The van der Waals surface area contributed by atoms with Gasteiger partial charge < -0.3 is 59.2 Å². The molecule has 0 unspecified atom stereocenters. The van der Waals surface area contributed by atoms with Crippen LogP contribution in [0.4, 0.5) is 4.79 Å². The lowest BCUT2D eigenvalue weighted by molar-refractivity contribution is -0.321. The Bertz CT molecular complexity index is 1740. The standard InChI is InChI=1S/C44H72N6O14S2/c1-9-11-12-13-33(38-29(14-21-65-66-43(4,5)25-35(53)49-46)44(6,56)24-32(52)39(38)48-42(55)58-8)63-41-40(31(51)22-28(3)62-41)64-37-23-34(57-7)30(27-61-37)50(10-2)26-36(54)47-16-18-60-20-19-59-17-15-45/h9,11,14,28,30-31,33-34,37,40-41,51,56H,10,15-27,45-46H2,1-8H3,(H,47,54)(H,48,55)(H,49,53)/b11-9-,29-14+/t28-,30+,31+,33+,34+,37+,40-,41+,44+/m1/s1. The summed E-state index contributed by atoms with van der Waals surface area (Å²) in [6, 6.07) is -0.310. The molecule has 22 heteroatoms. The summed E-state index contributed by atoms with van der Waals surface area (Å²) in [6.45, 7) is 13.9. The molecule has 0 aromatic rings. The number of hydrogen-bond acceptors (Lipinski definition) is 19. The first-order valence-corrected chi connectivity index (χ1v) is 24.4. The average Bonchev–Trinajstić information content (AvgIpc) is 3.26. The summed E-state index contributed by atoms with van der Waals surface area (Å²) in [4.78, 5) is 53.5. The molecule has 0 saturated carbocycles. The summed E-state index contributed by atoms with van der Waals surface area (Å²) in [7, 11) is 5.55. The summed E-state index contributed by atoms with van der Waals surface area (Å²) in [5.41, 5.74) is 5.92. The Morgan fingerprint density at radius 2 is 1.86 bits per heavy atom. The number of nitrogens with one attached hydrogen (secondary N) is 3. The van der Waals surface area contributed by atoms with Crippen molar-refractivity contribution in [2.75, 3.05) is 79.2 Å². The molecule has 2 saturated heterocycles. The van der Waals surface area contributed by atoms with E-state index in [9.17, 15) is 29.4 Å². The number of aliphatic hydroxyl groups excluding tert-OH is 1. The average molecular weight is 973 g/mol. The number of rotatable bonds is 25. The number of methoxy groups -OCH3 is 2. The number of hydrogen-bond donors (Lipinski definition) is 7. The lowest BCUT2D eigenvalue weighted by atomic mass is 9.76. The van der Waals surface area contributed by atoms with Crippen LogP contribution in [0.2, 0.25) is 0 Å². The van der Waals surface area contributed by atoms with Crippen molar-refractivity contribution in [1.29, 1.82) is 0 Å². The SMILES string of the molecule is C/C=C\C#C[C@H](O[C@@H]1O[C@H](C)C[C@H](O)[C@H]1O[C@H]1C[C@H](OC)[C@@H](N(CC)CC(=O)NCCOCCOCCN)CO1)C1=C(NC(=O)OC)C(=O)C[C@](C)(O)/C1=C/CSSC(C)(C)CC(=O)NN. The van der Waals surface area contributed by atoms with Crippen LogP contribution in [-0.2, 0) is 52.3 Å². The van der Waals surface area contributed by atoms with Gasteiger partial charge in [-0.15, -0.1) is 0 Å². The van der Waals surface area contributed by atoms with Gasteiger partial charge in [0.05, 0.1) is 82.3 Å². The van der Waals surface area contributed by atoms with Crippen molar-refractivity contribution >= 4 is 45.3 Å². The van der Waals surface area contributed by atoms with E-state index < -0.39 is 65.3 Å². The quantitative estimate of drug-likeness (QED) is 0.0169. The van der Waals surface area contributed by atoms with Crippen LogP contribution in [0.25, 0.3) is 0 Å². The molecule has 9 N–H and O–H groups in total. The van der Waals surface area contributed by atoms with Gasteiger partial charge in [-0.3, -0.25) is 30.0 Å². The highest BCUT2D eigenvalue weighted by Gasteiger charge is 2.47. The first-order valence-electron chi connectivity index (χ1n) is 22.1. The zero-order valence-corrected chi connectivity index (χ0v) is 41.1. The highest BCUT2D eigenvalue weighted by atomic mass is 33.1. The van der Waals surface area contributed by atoms with Gasteiger partial charge in [0.15, 0.2) is 18.4 Å². The number of ketones is 1. The fourth-order valence-corrected chi connectivity index (χ4v) is 9.86. The van der Waals surface area contributed by atoms with Crippen LogP contribution < -0.4 is 27.6 Å². The van der Waals surface area contributed by atoms with Gasteiger partial charge in [-0.2, -0.15) is 0 Å². The molecule has 374 valence electrons. The van der Waals surface area contributed by atoms with Crippen LogP contribution in [0.5, 0.6) is 0 Å².